The second-order valence-electron chi connectivity index (χ2n) is 6.70. The number of amides is 1. The Kier molecular flexibility index (Phi) is 5.32. The Bertz CT molecular complexity index is 827. The number of rotatable bonds is 4. The number of hydrogen-bond acceptors (Lipinski definition) is 4. The van der Waals surface area contributed by atoms with Gasteiger partial charge in [-0.2, -0.15) is 0 Å². The van der Waals surface area contributed by atoms with Crippen molar-refractivity contribution in [2.45, 2.75) is 20.4 Å². The normalized spacial score (nSPS) is 15.1. The first-order valence-corrected chi connectivity index (χ1v) is 8.77. The third kappa shape index (κ3) is 3.75. The van der Waals surface area contributed by atoms with Crippen LogP contribution in [0, 0.1) is 24.0 Å². The molecule has 2 aromatic rings. The standard InChI is InChI=1S/C20H23N3O3/c1-15-6-3-4-7-17(15)14-21-10-12-22(13-11-21)20(24)18-8-5-9-19(16(18)2)23(25)26/h3-9H,10-14H2,1-2H3. The summed E-state index contributed by atoms with van der Waals surface area (Å²) < 4.78 is 0. The van der Waals surface area contributed by atoms with Crippen LogP contribution in [0.25, 0.3) is 0 Å². The number of hydrogen-bond donors (Lipinski definition) is 0. The van der Waals surface area contributed by atoms with Crippen molar-refractivity contribution in [2.75, 3.05) is 26.2 Å². The molecule has 0 unspecified atom stereocenters. The molecule has 3 rings (SSSR count). The average Bonchev–Trinajstić information content (AvgIpc) is 2.64. The van der Waals surface area contributed by atoms with Crippen molar-refractivity contribution in [1.29, 1.82) is 0 Å². The van der Waals surface area contributed by atoms with Gasteiger partial charge in [0, 0.05) is 49.9 Å². The Balaban J connectivity index is 1.65. The number of nitrogens with zero attached hydrogens (tertiary/aromatic N) is 3. The molecule has 0 spiro atoms. The van der Waals surface area contributed by atoms with E-state index in [0.29, 0.717) is 24.2 Å². The van der Waals surface area contributed by atoms with Crippen LogP contribution in [-0.4, -0.2) is 46.8 Å². The molecule has 6 heteroatoms. The summed E-state index contributed by atoms with van der Waals surface area (Å²) in [6, 6.07) is 13.0. The quantitative estimate of drug-likeness (QED) is 0.625. The average molecular weight is 353 g/mol. The number of carbonyl (C=O) groups is 1. The Hall–Kier alpha value is -2.73. The van der Waals surface area contributed by atoms with Crippen LogP contribution in [0.4, 0.5) is 5.69 Å². The maximum atomic E-state index is 12.8. The van der Waals surface area contributed by atoms with Gasteiger partial charge in [-0.3, -0.25) is 19.8 Å². The van der Waals surface area contributed by atoms with Crippen molar-refractivity contribution in [3.8, 4) is 0 Å². The third-order valence-corrected chi connectivity index (χ3v) is 5.05. The maximum absolute atomic E-state index is 12.8. The smallest absolute Gasteiger partial charge is 0.273 e. The fourth-order valence-corrected chi connectivity index (χ4v) is 3.36. The SMILES string of the molecule is Cc1ccccc1CN1CCN(C(=O)c2cccc([N+](=O)[O-])c2C)CC1. The summed E-state index contributed by atoms with van der Waals surface area (Å²) in [5.74, 6) is -0.123. The van der Waals surface area contributed by atoms with E-state index >= 15 is 0 Å². The second-order valence-corrected chi connectivity index (χ2v) is 6.70. The summed E-state index contributed by atoms with van der Waals surface area (Å²) in [6.07, 6.45) is 0. The van der Waals surface area contributed by atoms with E-state index in [4.69, 9.17) is 0 Å². The summed E-state index contributed by atoms with van der Waals surface area (Å²) in [5, 5.41) is 11.1. The van der Waals surface area contributed by atoms with Crippen LogP contribution < -0.4 is 0 Å². The molecule has 0 N–H and O–H groups in total. The molecule has 1 amide bonds. The summed E-state index contributed by atoms with van der Waals surface area (Å²) in [4.78, 5) is 27.6. The van der Waals surface area contributed by atoms with Gasteiger partial charge in [-0.15, -0.1) is 0 Å². The fourth-order valence-electron chi connectivity index (χ4n) is 3.36. The van der Waals surface area contributed by atoms with Crippen molar-refractivity contribution in [3.63, 3.8) is 0 Å². The van der Waals surface area contributed by atoms with E-state index in [2.05, 4.69) is 24.0 Å². The topological polar surface area (TPSA) is 66.7 Å². The van der Waals surface area contributed by atoms with Gasteiger partial charge in [-0.25, -0.2) is 0 Å². The van der Waals surface area contributed by atoms with Crippen LogP contribution >= 0.6 is 0 Å². The predicted octanol–water partition coefficient (Wildman–Crippen LogP) is 3.17. The van der Waals surface area contributed by atoms with Crippen molar-refractivity contribution in [1.82, 2.24) is 9.80 Å². The lowest BCUT2D eigenvalue weighted by Gasteiger charge is -2.35. The number of nitro groups is 1. The Morgan fingerprint density at radius 1 is 1.04 bits per heavy atom. The van der Waals surface area contributed by atoms with Crippen molar-refractivity contribution in [3.05, 3.63) is 74.8 Å². The van der Waals surface area contributed by atoms with Gasteiger partial charge < -0.3 is 4.90 Å². The molecule has 26 heavy (non-hydrogen) atoms. The number of piperazine rings is 1. The largest absolute Gasteiger partial charge is 0.336 e. The summed E-state index contributed by atoms with van der Waals surface area (Å²) in [7, 11) is 0. The highest BCUT2D eigenvalue weighted by atomic mass is 16.6. The van der Waals surface area contributed by atoms with Crippen molar-refractivity contribution in [2.24, 2.45) is 0 Å². The van der Waals surface area contributed by atoms with Crippen LogP contribution in [0.2, 0.25) is 0 Å². The highest BCUT2D eigenvalue weighted by molar-refractivity contribution is 5.96. The van der Waals surface area contributed by atoms with Gasteiger partial charge in [0.15, 0.2) is 0 Å². The molecule has 1 heterocycles. The second kappa shape index (κ2) is 7.66. The minimum atomic E-state index is -0.438. The summed E-state index contributed by atoms with van der Waals surface area (Å²) in [5.41, 5.74) is 3.44. The molecule has 1 fully saturated rings. The monoisotopic (exact) mass is 353 g/mol. The predicted molar refractivity (Wildman–Crippen MR) is 100 cm³/mol. The Morgan fingerprint density at radius 3 is 2.38 bits per heavy atom. The number of carbonyl (C=O) groups excluding carboxylic acids is 1. The lowest BCUT2D eigenvalue weighted by molar-refractivity contribution is -0.385. The van der Waals surface area contributed by atoms with Crippen LogP contribution in [-0.2, 0) is 6.54 Å². The van der Waals surface area contributed by atoms with E-state index in [1.165, 1.54) is 17.2 Å². The van der Waals surface area contributed by atoms with E-state index in [1.807, 2.05) is 12.1 Å². The zero-order chi connectivity index (χ0) is 18.7. The van der Waals surface area contributed by atoms with E-state index in [0.717, 1.165) is 19.6 Å². The van der Waals surface area contributed by atoms with Crippen LogP contribution in [0.15, 0.2) is 42.5 Å². The molecule has 1 aliphatic rings. The molecule has 0 bridgehead atoms. The van der Waals surface area contributed by atoms with Crippen LogP contribution in [0.3, 0.4) is 0 Å². The lowest BCUT2D eigenvalue weighted by atomic mass is 10.0. The molecule has 0 radical (unpaired) electrons. The molecular formula is C20H23N3O3. The Morgan fingerprint density at radius 2 is 1.73 bits per heavy atom. The van der Waals surface area contributed by atoms with Gasteiger partial charge in [-0.1, -0.05) is 30.3 Å². The van der Waals surface area contributed by atoms with E-state index in [1.54, 1.807) is 24.0 Å². The molecule has 0 atom stereocenters. The Labute approximate surface area is 153 Å². The number of benzene rings is 2. The van der Waals surface area contributed by atoms with Crippen LogP contribution in [0.5, 0.6) is 0 Å². The molecule has 0 saturated carbocycles. The minimum absolute atomic E-state index is 0.00552. The lowest BCUT2D eigenvalue weighted by Crippen LogP contribution is -2.48. The third-order valence-electron chi connectivity index (χ3n) is 5.05. The fraction of sp³-hybridized carbons (Fsp3) is 0.350. The molecule has 1 saturated heterocycles. The first kappa shape index (κ1) is 18.1. The minimum Gasteiger partial charge on any atom is -0.336 e. The van der Waals surface area contributed by atoms with Gasteiger partial charge in [0.25, 0.3) is 11.6 Å². The molecule has 0 aromatic heterocycles. The molecule has 1 aliphatic heterocycles. The molecule has 6 nitrogen and oxygen atoms in total. The van der Waals surface area contributed by atoms with Gasteiger partial charge >= 0.3 is 0 Å². The zero-order valence-electron chi connectivity index (χ0n) is 15.1. The van der Waals surface area contributed by atoms with Crippen molar-refractivity contribution >= 4 is 11.6 Å². The first-order chi connectivity index (χ1) is 12.5. The summed E-state index contributed by atoms with van der Waals surface area (Å²) >= 11 is 0. The molecule has 2 aromatic carbocycles. The van der Waals surface area contributed by atoms with Gasteiger partial charge in [0.2, 0.25) is 0 Å². The van der Waals surface area contributed by atoms with Crippen LogP contribution in [0.1, 0.15) is 27.0 Å². The molecular weight excluding hydrogens is 330 g/mol. The van der Waals surface area contributed by atoms with Crippen molar-refractivity contribution < 1.29 is 9.72 Å². The highest BCUT2D eigenvalue weighted by Gasteiger charge is 2.25. The van der Waals surface area contributed by atoms with E-state index < -0.39 is 4.92 Å². The van der Waals surface area contributed by atoms with Gasteiger partial charge in [0.05, 0.1) is 4.92 Å². The summed E-state index contributed by atoms with van der Waals surface area (Å²) in [6.45, 7) is 7.49. The highest BCUT2D eigenvalue weighted by Crippen LogP contribution is 2.23. The van der Waals surface area contributed by atoms with Gasteiger partial charge in [-0.05, 0) is 31.0 Å². The first-order valence-electron chi connectivity index (χ1n) is 8.77. The molecule has 0 aliphatic carbocycles. The molecule has 136 valence electrons. The number of aryl methyl sites for hydroxylation is 1. The van der Waals surface area contributed by atoms with E-state index in [9.17, 15) is 14.9 Å². The van der Waals surface area contributed by atoms with Gasteiger partial charge in [0.1, 0.15) is 0 Å². The number of nitro benzene ring substituents is 1. The maximum Gasteiger partial charge on any atom is 0.273 e. The van der Waals surface area contributed by atoms with E-state index in [-0.39, 0.29) is 11.6 Å². The zero-order valence-corrected chi connectivity index (χ0v) is 15.1.